The van der Waals surface area contributed by atoms with E-state index in [0.29, 0.717) is 52.8 Å². The second-order valence-electron chi connectivity index (χ2n) is 13.1. The van der Waals surface area contributed by atoms with E-state index in [1.54, 1.807) is 18.5 Å². The van der Waals surface area contributed by atoms with E-state index in [2.05, 4.69) is 56.9 Å². The molecule has 0 amide bonds. The number of aryl methyl sites for hydroxylation is 3. The number of rotatable bonds is 4. The average molecular weight is 824 g/mol. The monoisotopic (exact) mass is 824 g/mol. The molecule has 0 aliphatic heterocycles. The Bertz CT molecular complexity index is 2290. The van der Waals surface area contributed by atoms with Crippen molar-refractivity contribution < 1.29 is 30.0 Å². The molecule has 4 aromatic heterocycles. The number of hydrogen-bond acceptors (Lipinski definition) is 4. The van der Waals surface area contributed by atoms with Crippen LogP contribution in [-0.4, -0.2) is 15.0 Å². The summed E-state index contributed by atoms with van der Waals surface area (Å²) in [6.45, 7) is 6.06. The van der Waals surface area contributed by atoms with Crippen LogP contribution in [-0.2, 0) is 20.1 Å². The predicted octanol–water partition coefficient (Wildman–Crippen LogP) is 11.5. The Morgan fingerprint density at radius 2 is 1.55 bits per heavy atom. The van der Waals surface area contributed by atoms with Gasteiger partial charge in [-0.3, -0.25) is 0 Å². The maximum absolute atomic E-state index is 9.32. The molecule has 0 spiro atoms. The van der Waals surface area contributed by atoms with Gasteiger partial charge in [0.15, 0.2) is 0 Å². The van der Waals surface area contributed by atoms with Crippen molar-refractivity contribution in [3.8, 4) is 33.8 Å². The van der Waals surface area contributed by atoms with E-state index < -0.39 is 12.7 Å². The summed E-state index contributed by atoms with van der Waals surface area (Å²) in [6.07, 6.45) is 5.71. The molecule has 249 valence electrons. The first kappa shape index (κ1) is 29.5. The molecule has 7 aromatic rings. The molecule has 4 nitrogen and oxygen atoms in total. The molecule has 0 saturated heterocycles. The first-order valence-corrected chi connectivity index (χ1v) is 16.6. The van der Waals surface area contributed by atoms with Gasteiger partial charge in [0, 0.05) is 48.9 Å². The number of hydrogen-bond donors (Lipinski definition) is 0. The minimum atomic E-state index is -2.38. The number of furan rings is 1. The second kappa shape index (κ2) is 15.0. The van der Waals surface area contributed by atoms with Crippen LogP contribution in [0.15, 0.2) is 108 Å². The van der Waals surface area contributed by atoms with Gasteiger partial charge in [-0.15, -0.1) is 54.1 Å². The Morgan fingerprint density at radius 1 is 0.755 bits per heavy atom. The molecule has 2 unspecified atom stereocenters. The third-order valence-electron chi connectivity index (χ3n) is 9.22. The summed E-state index contributed by atoms with van der Waals surface area (Å²) in [4.78, 5) is 13.8. The molecule has 2 atom stereocenters. The van der Waals surface area contributed by atoms with Crippen molar-refractivity contribution in [2.75, 3.05) is 0 Å². The summed E-state index contributed by atoms with van der Waals surface area (Å²) in [5.41, 5.74) is 9.07. The van der Waals surface area contributed by atoms with E-state index in [0.717, 1.165) is 50.8 Å². The van der Waals surface area contributed by atoms with Crippen LogP contribution in [0.3, 0.4) is 0 Å². The third kappa shape index (κ3) is 7.29. The van der Waals surface area contributed by atoms with Crippen LogP contribution in [0.25, 0.3) is 55.8 Å². The zero-order chi connectivity index (χ0) is 36.6. The maximum atomic E-state index is 9.32. The van der Waals surface area contributed by atoms with Crippen LogP contribution in [0.2, 0.25) is 0 Å². The molecular weight excluding hydrogens is 779 g/mol. The van der Waals surface area contributed by atoms with Crippen molar-refractivity contribution >= 4 is 22.1 Å². The van der Waals surface area contributed by atoms with Crippen molar-refractivity contribution in [2.24, 2.45) is 11.8 Å². The Hall–Kier alpha value is -4.44. The molecule has 1 radical (unpaired) electrons. The maximum Gasteiger partial charge on any atom is 0.216 e. The normalized spacial score (nSPS) is 20.2. The van der Waals surface area contributed by atoms with Crippen LogP contribution in [0, 0.1) is 44.7 Å². The second-order valence-corrected chi connectivity index (χ2v) is 13.1. The van der Waals surface area contributed by atoms with Crippen molar-refractivity contribution in [1.82, 2.24) is 15.0 Å². The van der Waals surface area contributed by atoms with Crippen molar-refractivity contribution in [3.63, 3.8) is 0 Å². The van der Waals surface area contributed by atoms with Gasteiger partial charge in [0.05, 0.1) is 11.3 Å². The molecular formula is C44H41IrN3O-2. The fourth-order valence-corrected chi connectivity index (χ4v) is 7.12. The molecule has 1 fully saturated rings. The molecule has 8 rings (SSSR count). The van der Waals surface area contributed by atoms with Crippen LogP contribution in [0.4, 0.5) is 0 Å². The molecule has 0 N–H and O–H groups in total. The fraction of sp³-hybridized carbons (Fsp3) is 0.250. The third-order valence-corrected chi connectivity index (χ3v) is 9.22. The van der Waals surface area contributed by atoms with Crippen molar-refractivity contribution in [1.29, 1.82) is 0 Å². The molecule has 1 aliphatic carbocycles. The van der Waals surface area contributed by atoms with Gasteiger partial charge in [-0.05, 0) is 104 Å². The van der Waals surface area contributed by atoms with E-state index >= 15 is 0 Å². The van der Waals surface area contributed by atoms with Gasteiger partial charge in [-0.2, -0.15) is 0 Å². The Morgan fingerprint density at radius 3 is 2.27 bits per heavy atom. The number of benzene rings is 3. The van der Waals surface area contributed by atoms with E-state index in [1.807, 2.05) is 72.8 Å². The quantitative estimate of drug-likeness (QED) is 0.166. The molecule has 4 heterocycles. The minimum absolute atomic E-state index is 0. The molecule has 3 aromatic carbocycles. The van der Waals surface area contributed by atoms with Crippen LogP contribution >= 0.6 is 0 Å². The van der Waals surface area contributed by atoms with Crippen LogP contribution in [0.1, 0.15) is 66.7 Å². The van der Waals surface area contributed by atoms with E-state index in [9.17, 15) is 1.37 Å². The Labute approximate surface area is 309 Å². The van der Waals surface area contributed by atoms with Crippen molar-refractivity contribution in [3.05, 3.63) is 138 Å². The van der Waals surface area contributed by atoms with Gasteiger partial charge in [-0.25, -0.2) is 4.98 Å². The average Bonchev–Trinajstić information content (AvgIpc) is 3.50. The first-order chi connectivity index (χ1) is 24.9. The first-order valence-electron chi connectivity index (χ1n) is 18.6. The van der Waals surface area contributed by atoms with Crippen LogP contribution in [0.5, 0.6) is 0 Å². The zero-order valence-electron chi connectivity index (χ0n) is 32.2. The number of fused-ring (bicyclic) bond motifs is 3. The van der Waals surface area contributed by atoms with Gasteiger partial charge < -0.3 is 14.4 Å². The number of aromatic nitrogens is 3. The summed E-state index contributed by atoms with van der Waals surface area (Å²) < 4.78 is 40.7. The summed E-state index contributed by atoms with van der Waals surface area (Å²) in [5.74, 6) is -0.275. The Kier molecular flexibility index (Phi) is 9.01. The Balaban J connectivity index is 0.000000313. The smallest absolute Gasteiger partial charge is 0.216 e. The summed E-state index contributed by atoms with van der Waals surface area (Å²) in [7, 11) is 0. The van der Waals surface area contributed by atoms with E-state index in [-0.39, 0.29) is 25.7 Å². The largest absolute Gasteiger partial charge is 0.486 e. The standard InChI is InChI=1S/C33H33N2O.C11H8N.Ir/c1-19-14-20(2)16-24(15-19)28-18-34-30(17-23(28)5)27-11-7-10-25-26-12-13-29(35-33(26)36-32(25)27)31-21(3)8-6-9-22(31)4;1-2-6-10(7-3-1)11-8-4-5-9-12-11;/h6-10,12-13,17-20,24H,14-16H2,1-5H3;1-6,8-9H;/q2*-1;/i5D3,24D;;. The van der Waals surface area contributed by atoms with Gasteiger partial charge in [-0.1, -0.05) is 66.8 Å². The molecule has 0 bridgehead atoms. The molecule has 1 saturated carbocycles. The number of nitrogens with zero attached hydrogens (tertiary/aromatic N) is 3. The van der Waals surface area contributed by atoms with Gasteiger partial charge in [0.25, 0.3) is 0 Å². The summed E-state index contributed by atoms with van der Waals surface area (Å²) >= 11 is 0. The van der Waals surface area contributed by atoms with Gasteiger partial charge in [0.2, 0.25) is 5.71 Å². The fourth-order valence-electron chi connectivity index (χ4n) is 7.12. The molecule has 5 heteroatoms. The summed E-state index contributed by atoms with van der Waals surface area (Å²) in [6, 6.07) is 35.7. The SMILES string of the molecule is [2H]C([2H])([2H])c1cc(-c2[c-]ccc3c2oc2nc(-c4c(C)cccc4C)ccc23)ncc1C1([2H])CC(C)CC(C)C1.[Ir].[c-]1ccccc1-c1ccccn1. The topological polar surface area (TPSA) is 51.8 Å². The van der Waals surface area contributed by atoms with E-state index in [4.69, 9.17) is 18.5 Å². The molecule has 49 heavy (non-hydrogen) atoms. The van der Waals surface area contributed by atoms with Crippen LogP contribution < -0.4 is 0 Å². The van der Waals surface area contributed by atoms with Crippen molar-refractivity contribution in [2.45, 2.75) is 59.7 Å². The predicted molar refractivity (Wildman–Crippen MR) is 197 cm³/mol. The zero-order valence-corrected chi connectivity index (χ0v) is 30.6. The minimum Gasteiger partial charge on any atom is -0.486 e. The van der Waals surface area contributed by atoms with Gasteiger partial charge in [0.1, 0.15) is 0 Å². The molecule has 1 aliphatic rings. The van der Waals surface area contributed by atoms with E-state index in [1.165, 1.54) is 0 Å². The van der Waals surface area contributed by atoms with Gasteiger partial charge >= 0.3 is 0 Å². The summed E-state index contributed by atoms with van der Waals surface area (Å²) in [5, 5.41) is 1.75. The number of pyridine rings is 3.